The number of halogens is 1. The molecule has 10 nitrogen and oxygen atoms in total. The zero-order chi connectivity index (χ0) is 30.7. The van der Waals surface area contributed by atoms with E-state index in [1.54, 1.807) is 31.5 Å². The summed E-state index contributed by atoms with van der Waals surface area (Å²) in [6.07, 6.45) is 2.86. The van der Waals surface area contributed by atoms with Gasteiger partial charge in [0.2, 0.25) is 5.95 Å². The molecule has 1 fully saturated rings. The van der Waals surface area contributed by atoms with Gasteiger partial charge in [-0.25, -0.2) is 27.8 Å². The largest absolute Gasteiger partial charge is 0.497 e. The minimum absolute atomic E-state index is 0.0654. The molecule has 0 saturated carbocycles. The van der Waals surface area contributed by atoms with Crippen molar-refractivity contribution in [1.82, 2.24) is 19.9 Å². The Morgan fingerprint density at radius 2 is 1.84 bits per heavy atom. The summed E-state index contributed by atoms with van der Waals surface area (Å²) < 4.78 is 49.9. The van der Waals surface area contributed by atoms with Gasteiger partial charge in [-0.15, -0.1) is 0 Å². The van der Waals surface area contributed by atoms with Crippen molar-refractivity contribution >= 4 is 27.2 Å². The van der Waals surface area contributed by atoms with Gasteiger partial charge in [-0.05, 0) is 55.0 Å². The quantitative estimate of drug-likeness (QED) is 0.255. The summed E-state index contributed by atoms with van der Waals surface area (Å²) in [5, 5.41) is 3.11. The highest BCUT2D eigenvalue weighted by Crippen LogP contribution is 2.36. The van der Waals surface area contributed by atoms with Gasteiger partial charge in [-0.1, -0.05) is 13.8 Å². The topological polar surface area (TPSA) is 114 Å². The normalized spacial score (nSPS) is 14.3. The summed E-state index contributed by atoms with van der Waals surface area (Å²) in [4.78, 5) is 17.9. The van der Waals surface area contributed by atoms with Crippen molar-refractivity contribution in [1.29, 1.82) is 0 Å². The van der Waals surface area contributed by atoms with Crippen LogP contribution in [0.1, 0.15) is 31.2 Å². The molecule has 3 heterocycles. The number of piperazine rings is 1. The zero-order valence-corrected chi connectivity index (χ0v) is 25.9. The highest BCUT2D eigenvalue weighted by atomic mass is 32.2. The fourth-order valence-electron chi connectivity index (χ4n) is 4.98. The van der Waals surface area contributed by atoms with E-state index in [-0.39, 0.29) is 17.5 Å². The number of ether oxygens (including phenoxy) is 1. The molecule has 12 heteroatoms. The number of sulfone groups is 1. The molecule has 1 saturated heterocycles. The maximum absolute atomic E-state index is 15.2. The first kappa shape index (κ1) is 30.4. The van der Waals surface area contributed by atoms with Gasteiger partial charge in [0, 0.05) is 62.3 Å². The number of anilines is 3. The maximum Gasteiger partial charge on any atom is 0.227 e. The molecule has 0 bridgehead atoms. The fraction of sp³-hybridized carbons (Fsp3) is 0.387. The predicted octanol–water partition coefficient (Wildman–Crippen LogP) is 5.29. The van der Waals surface area contributed by atoms with Crippen LogP contribution < -0.4 is 15.0 Å². The summed E-state index contributed by atoms with van der Waals surface area (Å²) >= 11 is 0. The number of aromatic nitrogens is 3. The first-order chi connectivity index (χ1) is 20.5. The zero-order valence-electron chi connectivity index (χ0n) is 25.1. The smallest absolute Gasteiger partial charge is 0.227 e. The summed E-state index contributed by atoms with van der Waals surface area (Å²) in [6.45, 7) is 9.09. The van der Waals surface area contributed by atoms with Gasteiger partial charge in [0.15, 0.2) is 11.7 Å². The molecule has 1 aliphatic rings. The average molecular weight is 609 g/mol. The van der Waals surface area contributed by atoms with E-state index >= 15 is 4.39 Å². The first-order valence-corrected chi connectivity index (χ1v) is 16.3. The predicted molar refractivity (Wildman–Crippen MR) is 166 cm³/mol. The van der Waals surface area contributed by atoms with Gasteiger partial charge in [0.1, 0.15) is 32.8 Å². The molecule has 0 spiro atoms. The maximum atomic E-state index is 15.2. The van der Waals surface area contributed by atoms with Crippen LogP contribution in [0.4, 0.5) is 21.7 Å². The van der Waals surface area contributed by atoms with Gasteiger partial charge in [-0.3, -0.25) is 4.90 Å². The van der Waals surface area contributed by atoms with Crippen molar-refractivity contribution in [3.63, 3.8) is 0 Å². The molecule has 43 heavy (non-hydrogen) atoms. The lowest BCUT2D eigenvalue weighted by Gasteiger charge is -2.36. The number of aryl methyl sites for hydroxylation is 1. The standard InChI is InChI=1S/C31H37FN6O4S/c1-20(2)30-36-28(22-16-21(3)17-24(18-22)41-4)29(42-30)26-8-9-33-31(35-26)34-23-6-7-27(25(32)19-23)38-12-10-37(11-13-38)14-15-43(5,39)40/h6-9,16-20H,10-15H2,1-5H3,(H,33,34,35). The monoisotopic (exact) mass is 608 g/mol. The number of methoxy groups -OCH3 is 1. The number of oxazole rings is 1. The Bertz CT molecular complexity index is 1700. The van der Waals surface area contributed by atoms with Gasteiger partial charge in [0.05, 0.1) is 18.6 Å². The van der Waals surface area contributed by atoms with Crippen LogP contribution in [0.3, 0.4) is 0 Å². The van der Waals surface area contributed by atoms with E-state index in [2.05, 4.69) is 20.2 Å². The van der Waals surface area contributed by atoms with E-state index in [0.29, 0.717) is 73.1 Å². The highest BCUT2D eigenvalue weighted by molar-refractivity contribution is 7.90. The molecule has 1 N–H and O–H groups in total. The first-order valence-electron chi connectivity index (χ1n) is 14.2. The minimum Gasteiger partial charge on any atom is -0.497 e. The number of nitrogens with zero attached hydrogens (tertiary/aromatic N) is 5. The Kier molecular flexibility index (Phi) is 8.97. The number of nitrogens with one attached hydrogen (secondary N) is 1. The van der Waals surface area contributed by atoms with E-state index in [1.807, 2.05) is 43.9 Å². The SMILES string of the molecule is COc1cc(C)cc(-c2nc(C(C)C)oc2-c2ccnc(Nc3ccc(N4CCN(CCS(C)(=O)=O)CC4)c(F)c3)n2)c1. The lowest BCUT2D eigenvalue weighted by Crippen LogP contribution is -2.47. The van der Waals surface area contributed by atoms with Crippen LogP contribution in [0.25, 0.3) is 22.7 Å². The van der Waals surface area contributed by atoms with E-state index < -0.39 is 9.84 Å². The third kappa shape index (κ3) is 7.49. The molecule has 0 amide bonds. The molecule has 0 unspecified atom stereocenters. The average Bonchev–Trinajstić information content (AvgIpc) is 3.42. The summed E-state index contributed by atoms with van der Waals surface area (Å²) in [5.74, 6) is 1.95. The number of hydrogen-bond donors (Lipinski definition) is 1. The number of benzene rings is 2. The Morgan fingerprint density at radius 1 is 1.07 bits per heavy atom. The van der Waals surface area contributed by atoms with Gasteiger partial charge in [-0.2, -0.15) is 0 Å². The third-order valence-electron chi connectivity index (χ3n) is 7.28. The number of hydrogen-bond acceptors (Lipinski definition) is 10. The van der Waals surface area contributed by atoms with Gasteiger partial charge < -0.3 is 19.4 Å². The minimum atomic E-state index is -3.01. The molecular weight excluding hydrogens is 571 g/mol. The van der Waals surface area contributed by atoms with Gasteiger partial charge >= 0.3 is 0 Å². The van der Waals surface area contributed by atoms with Crippen molar-refractivity contribution in [2.75, 3.05) is 62.1 Å². The van der Waals surface area contributed by atoms with E-state index in [0.717, 1.165) is 16.9 Å². The lowest BCUT2D eigenvalue weighted by atomic mass is 10.1. The van der Waals surface area contributed by atoms with Crippen molar-refractivity contribution in [3.05, 3.63) is 65.9 Å². The van der Waals surface area contributed by atoms with Crippen molar-refractivity contribution in [2.24, 2.45) is 0 Å². The van der Waals surface area contributed by atoms with Crippen LogP contribution in [0.15, 0.2) is 53.1 Å². The molecule has 228 valence electrons. The Labute approximate surface area is 251 Å². The molecule has 0 atom stereocenters. The van der Waals surface area contributed by atoms with Crippen LogP contribution in [-0.4, -0.2) is 80.1 Å². The van der Waals surface area contributed by atoms with Crippen LogP contribution in [0.2, 0.25) is 0 Å². The highest BCUT2D eigenvalue weighted by Gasteiger charge is 2.22. The lowest BCUT2D eigenvalue weighted by molar-refractivity contribution is 0.271. The Morgan fingerprint density at radius 3 is 2.51 bits per heavy atom. The molecule has 2 aromatic heterocycles. The fourth-order valence-corrected chi connectivity index (χ4v) is 5.57. The summed E-state index contributed by atoms with van der Waals surface area (Å²) in [7, 11) is -1.38. The third-order valence-corrected chi connectivity index (χ3v) is 8.21. The van der Waals surface area contributed by atoms with Crippen LogP contribution >= 0.6 is 0 Å². The van der Waals surface area contributed by atoms with Crippen LogP contribution in [0.5, 0.6) is 5.75 Å². The molecule has 5 rings (SSSR count). The molecular formula is C31H37FN6O4S. The number of rotatable bonds is 10. The van der Waals surface area contributed by atoms with Crippen molar-refractivity contribution in [2.45, 2.75) is 26.7 Å². The second-order valence-electron chi connectivity index (χ2n) is 11.1. The van der Waals surface area contributed by atoms with Crippen LogP contribution in [0, 0.1) is 12.7 Å². The molecule has 0 aliphatic carbocycles. The Balaban J connectivity index is 1.34. The van der Waals surface area contributed by atoms with Crippen LogP contribution in [-0.2, 0) is 9.84 Å². The van der Waals surface area contributed by atoms with E-state index in [4.69, 9.17) is 14.1 Å². The van der Waals surface area contributed by atoms with E-state index in [1.165, 1.54) is 12.3 Å². The van der Waals surface area contributed by atoms with Crippen molar-refractivity contribution < 1.29 is 22.0 Å². The second kappa shape index (κ2) is 12.7. The van der Waals surface area contributed by atoms with E-state index in [9.17, 15) is 8.42 Å². The molecule has 2 aromatic carbocycles. The van der Waals surface area contributed by atoms with Gasteiger partial charge in [0.25, 0.3) is 0 Å². The summed E-state index contributed by atoms with van der Waals surface area (Å²) in [6, 6.07) is 12.6. The molecule has 0 radical (unpaired) electrons. The van der Waals surface area contributed by atoms with Crippen molar-refractivity contribution in [3.8, 4) is 28.5 Å². The Hall–Kier alpha value is -4.03. The summed E-state index contributed by atoms with van der Waals surface area (Å²) in [5.41, 5.74) is 4.09. The molecule has 1 aliphatic heterocycles. The molecule has 4 aromatic rings. The second-order valence-corrected chi connectivity index (χ2v) is 13.4.